The molecule has 0 saturated carbocycles. The molecular weight excluding hydrogens is 304 g/mol. The van der Waals surface area contributed by atoms with Crippen molar-refractivity contribution in [3.63, 3.8) is 0 Å². The second kappa shape index (κ2) is 7.42. The molecule has 1 unspecified atom stereocenters. The summed E-state index contributed by atoms with van der Waals surface area (Å²) in [5, 5.41) is 8.64. The predicted octanol–water partition coefficient (Wildman–Crippen LogP) is 3.71. The highest BCUT2D eigenvalue weighted by Gasteiger charge is 2.13. The van der Waals surface area contributed by atoms with Crippen molar-refractivity contribution in [1.29, 1.82) is 0 Å². The number of nitrogens with one attached hydrogen (secondary N) is 2. The molecule has 2 rings (SSSR count). The van der Waals surface area contributed by atoms with E-state index in [1.165, 1.54) is 0 Å². The van der Waals surface area contributed by atoms with E-state index in [0.717, 1.165) is 22.0 Å². The van der Waals surface area contributed by atoms with Crippen molar-refractivity contribution in [3.8, 4) is 0 Å². The van der Waals surface area contributed by atoms with Gasteiger partial charge in [0.1, 0.15) is 5.82 Å². The Morgan fingerprint density at radius 3 is 2.86 bits per heavy atom. The van der Waals surface area contributed by atoms with Crippen molar-refractivity contribution in [2.24, 2.45) is 0 Å². The number of hydrogen-bond acceptors (Lipinski definition) is 5. The summed E-state index contributed by atoms with van der Waals surface area (Å²) in [5.74, 6) is 0.532. The van der Waals surface area contributed by atoms with Gasteiger partial charge in [0.2, 0.25) is 0 Å². The standard InChI is InChI=1S/C14H18N4OS2/c1-4-13-17-11(8-21-13)9(2)16-14(19)18-12-6-5-10(20-3)7-15-12/h5-9H,4H2,1-3H3,(H2,15,16,18,19). The van der Waals surface area contributed by atoms with Gasteiger partial charge in [-0.05, 0) is 31.7 Å². The molecule has 0 saturated heterocycles. The van der Waals surface area contributed by atoms with Crippen LogP contribution in [0.15, 0.2) is 28.6 Å². The molecule has 0 bridgehead atoms. The van der Waals surface area contributed by atoms with Crippen molar-refractivity contribution in [2.45, 2.75) is 31.2 Å². The number of nitrogens with zero attached hydrogens (tertiary/aromatic N) is 2. The number of thiazole rings is 1. The van der Waals surface area contributed by atoms with Gasteiger partial charge in [-0.3, -0.25) is 5.32 Å². The average molecular weight is 322 g/mol. The minimum absolute atomic E-state index is 0.132. The third-order valence-corrected chi connectivity index (χ3v) is 4.60. The second-order valence-corrected chi connectivity index (χ2v) is 6.25. The molecule has 0 aliphatic carbocycles. The van der Waals surface area contributed by atoms with Gasteiger partial charge >= 0.3 is 6.03 Å². The van der Waals surface area contributed by atoms with Gasteiger partial charge in [0, 0.05) is 16.5 Å². The molecule has 0 aromatic carbocycles. The Labute approximate surface area is 132 Å². The molecule has 0 aliphatic heterocycles. The monoisotopic (exact) mass is 322 g/mol. The van der Waals surface area contributed by atoms with Gasteiger partial charge in [-0.25, -0.2) is 14.8 Å². The molecule has 1 atom stereocenters. The van der Waals surface area contributed by atoms with E-state index in [-0.39, 0.29) is 12.1 Å². The Balaban J connectivity index is 1.91. The van der Waals surface area contributed by atoms with Crippen LogP contribution in [0.25, 0.3) is 0 Å². The van der Waals surface area contributed by atoms with E-state index in [0.29, 0.717) is 5.82 Å². The summed E-state index contributed by atoms with van der Waals surface area (Å²) in [6, 6.07) is 3.30. The summed E-state index contributed by atoms with van der Waals surface area (Å²) in [6.07, 6.45) is 4.63. The Morgan fingerprint density at radius 1 is 1.48 bits per heavy atom. The number of amides is 2. The Morgan fingerprint density at radius 2 is 2.29 bits per heavy atom. The molecule has 7 heteroatoms. The van der Waals surface area contributed by atoms with E-state index < -0.39 is 0 Å². The molecule has 112 valence electrons. The zero-order chi connectivity index (χ0) is 15.2. The summed E-state index contributed by atoms with van der Waals surface area (Å²) < 4.78 is 0. The van der Waals surface area contributed by atoms with Crippen LogP contribution in [0.1, 0.15) is 30.6 Å². The number of rotatable bonds is 5. The van der Waals surface area contributed by atoms with Crippen molar-refractivity contribution >= 4 is 34.9 Å². The van der Waals surface area contributed by atoms with Crippen LogP contribution in [0, 0.1) is 0 Å². The van der Waals surface area contributed by atoms with E-state index in [9.17, 15) is 4.79 Å². The van der Waals surface area contributed by atoms with Crippen LogP contribution in [0.4, 0.5) is 10.6 Å². The third-order valence-electron chi connectivity index (χ3n) is 2.88. The summed E-state index contributed by atoms with van der Waals surface area (Å²) in [6.45, 7) is 3.98. The first kappa shape index (κ1) is 15.8. The zero-order valence-corrected chi connectivity index (χ0v) is 13.8. The number of anilines is 1. The van der Waals surface area contributed by atoms with Crippen LogP contribution in [0.2, 0.25) is 0 Å². The zero-order valence-electron chi connectivity index (χ0n) is 12.2. The summed E-state index contributed by atoms with van der Waals surface area (Å²) in [4.78, 5) is 21.6. The molecule has 2 aromatic rings. The lowest BCUT2D eigenvalue weighted by Gasteiger charge is -2.12. The van der Waals surface area contributed by atoms with Crippen molar-refractivity contribution in [3.05, 3.63) is 34.4 Å². The van der Waals surface area contributed by atoms with Crippen LogP contribution < -0.4 is 10.6 Å². The van der Waals surface area contributed by atoms with E-state index in [2.05, 4.69) is 27.5 Å². The topological polar surface area (TPSA) is 66.9 Å². The van der Waals surface area contributed by atoms with Crippen LogP contribution in [0.5, 0.6) is 0 Å². The van der Waals surface area contributed by atoms with Gasteiger partial charge in [0.05, 0.1) is 16.7 Å². The molecule has 0 radical (unpaired) electrons. The lowest BCUT2D eigenvalue weighted by molar-refractivity contribution is 0.249. The number of aromatic nitrogens is 2. The highest BCUT2D eigenvalue weighted by atomic mass is 32.2. The molecule has 0 aliphatic rings. The lowest BCUT2D eigenvalue weighted by Crippen LogP contribution is -2.31. The summed E-state index contributed by atoms with van der Waals surface area (Å²) in [7, 11) is 0. The van der Waals surface area contributed by atoms with E-state index >= 15 is 0 Å². The maximum absolute atomic E-state index is 11.9. The van der Waals surface area contributed by atoms with Crippen LogP contribution >= 0.6 is 23.1 Å². The summed E-state index contributed by atoms with van der Waals surface area (Å²) in [5.41, 5.74) is 0.887. The maximum atomic E-state index is 11.9. The van der Waals surface area contributed by atoms with Gasteiger partial charge in [0.15, 0.2) is 0 Å². The maximum Gasteiger partial charge on any atom is 0.320 e. The minimum Gasteiger partial charge on any atom is -0.330 e. The smallest absolute Gasteiger partial charge is 0.320 e. The number of aryl methyl sites for hydroxylation is 1. The van der Waals surface area contributed by atoms with Crippen LogP contribution in [-0.4, -0.2) is 22.3 Å². The Kier molecular flexibility index (Phi) is 5.58. The SMILES string of the molecule is CCc1nc(C(C)NC(=O)Nc2ccc(SC)cn2)cs1. The molecule has 2 N–H and O–H groups in total. The molecule has 2 heterocycles. The van der Waals surface area contributed by atoms with Crippen LogP contribution in [0.3, 0.4) is 0 Å². The lowest BCUT2D eigenvalue weighted by atomic mass is 10.3. The first-order chi connectivity index (χ1) is 10.1. The largest absolute Gasteiger partial charge is 0.330 e. The fourth-order valence-corrected chi connectivity index (χ4v) is 2.88. The quantitative estimate of drug-likeness (QED) is 0.824. The number of pyridine rings is 1. The van der Waals surface area contributed by atoms with Crippen molar-refractivity contribution in [1.82, 2.24) is 15.3 Å². The van der Waals surface area contributed by atoms with Gasteiger partial charge < -0.3 is 5.32 Å². The van der Waals surface area contributed by atoms with E-state index in [1.54, 1.807) is 35.4 Å². The van der Waals surface area contributed by atoms with E-state index in [4.69, 9.17) is 0 Å². The first-order valence-electron chi connectivity index (χ1n) is 6.64. The Bertz CT molecular complexity index is 597. The molecule has 5 nitrogen and oxygen atoms in total. The number of thioether (sulfide) groups is 1. The van der Waals surface area contributed by atoms with Gasteiger partial charge in [-0.15, -0.1) is 23.1 Å². The normalized spacial score (nSPS) is 12.0. The molecule has 2 aromatic heterocycles. The second-order valence-electron chi connectivity index (χ2n) is 4.42. The minimum atomic E-state index is -0.280. The molecule has 21 heavy (non-hydrogen) atoms. The molecular formula is C14H18N4OS2. The van der Waals surface area contributed by atoms with Crippen molar-refractivity contribution < 1.29 is 4.79 Å². The number of carbonyl (C=O) groups is 1. The number of carbonyl (C=O) groups excluding carboxylic acids is 1. The van der Waals surface area contributed by atoms with E-state index in [1.807, 2.05) is 24.6 Å². The molecule has 0 fully saturated rings. The van der Waals surface area contributed by atoms with Gasteiger partial charge in [-0.1, -0.05) is 6.92 Å². The predicted molar refractivity (Wildman–Crippen MR) is 88.1 cm³/mol. The van der Waals surface area contributed by atoms with Gasteiger partial charge in [-0.2, -0.15) is 0 Å². The highest BCUT2D eigenvalue weighted by molar-refractivity contribution is 7.98. The third kappa shape index (κ3) is 4.44. The molecule has 0 spiro atoms. The first-order valence-corrected chi connectivity index (χ1v) is 8.74. The highest BCUT2D eigenvalue weighted by Crippen LogP contribution is 2.17. The average Bonchev–Trinajstić information content (AvgIpc) is 2.97. The number of hydrogen-bond donors (Lipinski definition) is 2. The Hall–Kier alpha value is -1.60. The molecule has 2 amide bonds. The fourth-order valence-electron chi connectivity index (χ4n) is 1.68. The fraction of sp³-hybridized carbons (Fsp3) is 0.357. The van der Waals surface area contributed by atoms with Crippen LogP contribution in [-0.2, 0) is 6.42 Å². The van der Waals surface area contributed by atoms with Gasteiger partial charge in [0.25, 0.3) is 0 Å². The van der Waals surface area contributed by atoms with Crippen molar-refractivity contribution in [2.75, 3.05) is 11.6 Å². The number of urea groups is 1. The summed E-state index contributed by atoms with van der Waals surface area (Å²) >= 11 is 3.23.